The van der Waals surface area contributed by atoms with Crippen LogP contribution < -0.4 is 10.6 Å². The second-order valence-electron chi connectivity index (χ2n) is 3.41. The van der Waals surface area contributed by atoms with Gasteiger partial charge in [-0.05, 0) is 19.4 Å². The highest BCUT2D eigenvalue weighted by Gasteiger charge is 2.12. The van der Waals surface area contributed by atoms with Crippen molar-refractivity contribution in [3.8, 4) is 0 Å². The van der Waals surface area contributed by atoms with Crippen LogP contribution in [-0.2, 0) is 0 Å². The molecule has 4 nitrogen and oxygen atoms in total. The Balaban J connectivity index is 0.00000112. The summed E-state index contributed by atoms with van der Waals surface area (Å²) in [4.78, 5) is 7.93. The normalized spacial score (nSPS) is 20.5. The number of rotatable bonds is 2. The molecule has 1 aliphatic rings. The highest BCUT2D eigenvalue weighted by Crippen LogP contribution is 2.12. The SMILES string of the molecule is Cl.Clc1cc(N[C@@H]2CCCNC2)ncn1. The van der Waals surface area contributed by atoms with Crippen LogP contribution in [0.1, 0.15) is 12.8 Å². The second kappa shape index (κ2) is 6.10. The minimum absolute atomic E-state index is 0. The van der Waals surface area contributed by atoms with Crippen LogP contribution in [0.5, 0.6) is 0 Å². The Kier molecular flexibility index (Phi) is 5.08. The molecule has 1 saturated heterocycles. The zero-order valence-electron chi connectivity index (χ0n) is 8.24. The first-order chi connectivity index (χ1) is 6.84. The van der Waals surface area contributed by atoms with Crippen molar-refractivity contribution in [3.63, 3.8) is 0 Å². The van der Waals surface area contributed by atoms with Gasteiger partial charge in [0.1, 0.15) is 17.3 Å². The van der Waals surface area contributed by atoms with Crippen LogP contribution in [0.4, 0.5) is 5.82 Å². The molecule has 0 saturated carbocycles. The van der Waals surface area contributed by atoms with E-state index in [-0.39, 0.29) is 12.4 Å². The molecule has 1 aromatic heterocycles. The molecule has 1 aromatic rings. The van der Waals surface area contributed by atoms with E-state index in [2.05, 4.69) is 20.6 Å². The molecule has 2 N–H and O–H groups in total. The van der Waals surface area contributed by atoms with Crippen LogP contribution in [0.25, 0.3) is 0 Å². The Hall–Kier alpha value is -0.580. The van der Waals surface area contributed by atoms with Crippen molar-refractivity contribution in [2.45, 2.75) is 18.9 Å². The third-order valence-corrected chi connectivity index (χ3v) is 2.49. The largest absolute Gasteiger partial charge is 0.366 e. The van der Waals surface area contributed by atoms with E-state index >= 15 is 0 Å². The van der Waals surface area contributed by atoms with Gasteiger partial charge in [0.05, 0.1) is 0 Å². The molecule has 0 spiro atoms. The van der Waals surface area contributed by atoms with E-state index in [4.69, 9.17) is 11.6 Å². The fourth-order valence-corrected chi connectivity index (χ4v) is 1.74. The highest BCUT2D eigenvalue weighted by molar-refractivity contribution is 6.29. The minimum Gasteiger partial charge on any atom is -0.366 e. The lowest BCUT2D eigenvalue weighted by Gasteiger charge is -2.24. The Morgan fingerprint density at radius 1 is 1.47 bits per heavy atom. The number of halogens is 2. The molecule has 1 atom stereocenters. The summed E-state index contributed by atoms with van der Waals surface area (Å²) in [7, 11) is 0. The number of piperidine rings is 1. The van der Waals surface area contributed by atoms with Gasteiger partial charge in [0.2, 0.25) is 0 Å². The molecule has 1 aliphatic heterocycles. The van der Waals surface area contributed by atoms with Crippen LogP contribution >= 0.6 is 24.0 Å². The number of nitrogens with one attached hydrogen (secondary N) is 2. The van der Waals surface area contributed by atoms with Crippen LogP contribution in [0.15, 0.2) is 12.4 Å². The number of aromatic nitrogens is 2. The van der Waals surface area contributed by atoms with Crippen molar-refractivity contribution >= 4 is 29.8 Å². The average molecular weight is 249 g/mol. The molecule has 0 unspecified atom stereocenters. The van der Waals surface area contributed by atoms with E-state index in [9.17, 15) is 0 Å². The molecule has 1 fully saturated rings. The van der Waals surface area contributed by atoms with E-state index in [1.165, 1.54) is 19.2 Å². The fraction of sp³-hybridized carbons (Fsp3) is 0.556. The number of nitrogens with zero attached hydrogens (tertiary/aromatic N) is 2. The van der Waals surface area contributed by atoms with Gasteiger partial charge < -0.3 is 10.6 Å². The van der Waals surface area contributed by atoms with Gasteiger partial charge in [0.15, 0.2) is 0 Å². The van der Waals surface area contributed by atoms with Crippen LogP contribution in [-0.4, -0.2) is 29.1 Å². The molecule has 0 amide bonds. The van der Waals surface area contributed by atoms with Crippen LogP contribution in [0.3, 0.4) is 0 Å². The first-order valence-corrected chi connectivity index (χ1v) is 5.17. The first-order valence-electron chi connectivity index (χ1n) is 4.79. The van der Waals surface area contributed by atoms with Crippen molar-refractivity contribution in [1.82, 2.24) is 15.3 Å². The number of hydrogen-bond acceptors (Lipinski definition) is 4. The van der Waals surface area contributed by atoms with Crippen molar-refractivity contribution in [2.24, 2.45) is 0 Å². The summed E-state index contributed by atoms with van der Waals surface area (Å²) >= 11 is 5.76. The van der Waals surface area contributed by atoms with Gasteiger partial charge >= 0.3 is 0 Å². The Bertz CT molecular complexity index is 302. The van der Waals surface area contributed by atoms with Crippen molar-refractivity contribution in [2.75, 3.05) is 18.4 Å². The third-order valence-electron chi connectivity index (χ3n) is 2.28. The lowest BCUT2D eigenvalue weighted by atomic mass is 10.1. The summed E-state index contributed by atoms with van der Waals surface area (Å²) in [5.74, 6) is 0.804. The molecule has 2 rings (SSSR count). The van der Waals surface area contributed by atoms with Crippen LogP contribution in [0.2, 0.25) is 5.15 Å². The fourth-order valence-electron chi connectivity index (χ4n) is 1.60. The van der Waals surface area contributed by atoms with Gasteiger partial charge in [-0.15, -0.1) is 12.4 Å². The predicted octanol–water partition coefficient (Wildman–Crippen LogP) is 1.72. The van der Waals surface area contributed by atoms with E-state index in [0.717, 1.165) is 18.9 Å². The predicted molar refractivity (Wildman–Crippen MR) is 63.8 cm³/mol. The van der Waals surface area contributed by atoms with Gasteiger partial charge in [-0.3, -0.25) is 0 Å². The highest BCUT2D eigenvalue weighted by atomic mass is 35.5. The summed E-state index contributed by atoms with van der Waals surface area (Å²) in [6.07, 6.45) is 3.85. The molecular weight excluding hydrogens is 235 g/mol. The Labute approximate surface area is 100 Å². The van der Waals surface area contributed by atoms with E-state index in [0.29, 0.717) is 11.2 Å². The lowest BCUT2D eigenvalue weighted by Crippen LogP contribution is -2.38. The van der Waals surface area contributed by atoms with Crippen molar-refractivity contribution in [3.05, 3.63) is 17.5 Å². The maximum Gasteiger partial charge on any atom is 0.134 e. The summed E-state index contributed by atoms with van der Waals surface area (Å²) in [5, 5.41) is 7.13. The van der Waals surface area contributed by atoms with Crippen molar-refractivity contribution < 1.29 is 0 Å². The van der Waals surface area contributed by atoms with Gasteiger partial charge in [0.25, 0.3) is 0 Å². The van der Waals surface area contributed by atoms with Crippen LogP contribution in [0, 0.1) is 0 Å². The standard InChI is InChI=1S/C9H13ClN4.ClH/c10-8-4-9(13-6-12-8)14-7-2-1-3-11-5-7;/h4,6-7,11H,1-3,5H2,(H,12,13,14);1H/t7-;/m1./s1. The monoisotopic (exact) mass is 248 g/mol. The van der Waals surface area contributed by atoms with E-state index < -0.39 is 0 Å². The third kappa shape index (κ3) is 3.81. The van der Waals surface area contributed by atoms with Gasteiger partial charge in [-0.25, -0.2) is 9.97 Å². The molecule has 15 heavy (non-hydrogen) atoms. The topological polar surface area (TPSA) is 49.8 Å². The maximum atomic E-state index is 5.76. The molecule has 6 heteroatoms. The van der Waals surface area contributed by atoms with Gasteiger partial charge in [-0.1, -0.05) is 11.6 Å². The second-order valence-corrected chi connectivity index (χ2v) is 3.80. The van der Waals surface area contributed by atoms with E-state index in [1.54, 1.807) is 6.07 Å². The summed E-state index contributed by atoms with van der Waals surface area (Å²) in [6.45, 7) is 2.10. The molecule has 84 valence electrons. The Morgan fingerprint density at radius 2 is 2.33 bits per heavy atom. The van der Waals surface area contributed by atoms with Gasteiger partial charge in [-0.2, -0.15) is 0 Å². The molecule has 0 aromatic carbocycles. The number of anilines is 1. The molecule has 0 radical (unpaired) electrons. The molecule has 0 aliphatic carbocycles. The zero-order chi connectivity index (χ0) is 9.80. The van der Waals surface area contributed by atoms with Gasteiger partial charge in [0, 0.05) is 18.7 Å². The zero-order valence-corrected chi connectivity index (χ0v) is 9.81. The summed E-state index contributed by atoms with van der Waals surface area (Å²) in [5.41, 5.74) is 0. The quantitative estimate of drug-likeness (QED) is 0.783. The van der Waals surface area contributed by atoms with Crippen molar-refractivity contribution in [1.29, 1.82) is 0 Å². The lowest BCUT2D eigenvalue weighted by molar-refractivity contribution is 0.479. The average Bonchev–Trinajstić information content (AvgIpc) is 2.19. The maximum absolute atomic E-state index is 5.76. The number of hydrogen-bond donors (Lipinski definition) is 2. The molecule has 0 bridgehead atoms. The Morgan fingerprint density at radius 3 is 3.00 bits per heavy atom. The molecular formula is C9H14Cl2N4. The smallest absolute Gasteiger partial charge is 0.134 e. The van der Waals surface area contributed by atoms with E-state index in [1.807, 2.05) is 0 Å². The summed E-state index contributed by atoms with van der Waals surface area (Å²) in [6, 6.07) is 2.20. The first kappa shape index (κ1) is 12.5. The summed E-state index contributed by atoms with van der Waals surface area (Å²) < 4.78 is 0. The minimum atomic E-state index is 0. The molecule has 2 heterocycles.